The Morgan fingerprint density at radius 3 is 1.69 bits per heavy atom. The third kappa shape index (κ3) is 5.08. The van der Waals surface area contributed by atoms with Gasteiger partial charge in [-0.25, -0.2) is 0 Å². The molecule has 0 saturated carbocycles. The van der Waals surface area contributed by atoms with E-state index < -0.39 is 0 Å². The zero-order valence-electron chi connectivity index (χ0n) is 34.8. The smallest absolute Gasteiger partial charge is 0.0619 e. The van der Waals surface area contributed by atoms with Crippen molar-refractivity contribution in [1.82, 2.24) is 9.13 Å². The lowest BCUT2D eigenvalue weighted by Crippen LogP contribution is -1.95. The summed E-state index contributed by atoms with van der Waals surface area (Å²) in [6, 6.07) is 85.2. The van der Waals surface area contributed by atoms with Crippen LogP contribution in [0, 0.1) is 0 Å². The third-order valence-electron chi connectivity index (χ3n) is 13.9. The Kier molecular flexibility index (Phi) is 7.43. The zero-order valence-corrected chi connectivity index (χ0v) is 34.8. The molecule has 64 heavy (non-hydrogen) atoms. The van der Waals surface area contributed by atoms with Crippen molar-refractivity contribution in [2.24, 2.45) is 0 Å². The van der Waals surface area contributed by atoms with E-state index in [1.165, 1.54) is 126 Å². The Morgan fingerprint density at radius 2 is 0.812 bits per heavy atom. The molecular weight excluding hydrogens is 773 g/mol. The molecule has 0 atom stereocenters. The monoisotopic (exact) mass is 810 g/mol. The predicted molar refractivity (Wildman–Crippen MR) is 271 cm³/mol. The van der Waals surface area contributed by atoms with Gasteiger partial charge in [0.2, 0.25) is 0 Å². The summed E-state index contributed by atoms with van der Waals surface area (Å²) in [5.41, 5.74) is 19.7. The lowest BCUT2D eigenvalue weighted by Gasteiger charge is -2.13. The van der Waals surface area contributed by atoms with E-state index in [9.17, 15) is 0 Å². The van der Waals surface area contributed by atoms with E-state index >= 15 is 0 Å². The largest absolute Gasteiger partial charge is 0.309 e. The van der Waals surface area contributed by atoms with Crippen molar-refractivity contribution in [3.8, 4) is 67.0 Å². The number of benzene rings is 11. The molecule has 0 bridgehead atoms. The van der Waals surface area contributed by atoms with E-state index in [0.29, 0.717) is 0 Å². The standard InChI is InChI=1S/C62H38N2/c1-2-15-45(16-3-1)63-58-23-9-8-20-51(58)57-37-42(28-35-59(57)63)43-27-31-52-56-32-26-40-12-4-5-17-48(40)62(56)64(60(52)38-43)46-29-24-39(25-30-46)41-13-10-14-44(36-41)47-33-34-55-50-19-7-6-18-49(50)54-22-11-21-53(47)61(54)55/h1-38H. The molecule has 2 aromatic heterocycles. The Labute approximate surface area is 370 Å². The molecule has 0 amide bonds. The molecule has 0 saturated heterocycles. The third-order valence-corrected chi connectivity index (χ3v) is 13.9. The van der Waals surface area contributed by atoms with Gasteiger partial charge >= 0.3 is 0 Å². The molecule has 0 aliphatic heterocycles. The van der Waals surface area contributed by atoms with E-state index in [0.717, 1.165) is 5.69 Å². The van der Waals surface area contributed by atoms with Crippen LogP contribution in [0.15, 0.2) is 231 Å². The molecule has 1 aliphatic rings. The number of hydrogen-bond donors (Lipinski definition) is 0. The molecule has 11 aromatic carbocycles. The fourth-order valence-corrected chi connectivity index (χ4v) is 11.0. The fraction of sp³-hybridized carbons (Fsp3) is 0. The highest BCUT2D eigenvalue weighted by atomic mass is 15.0. The molecule has 2 heterocycles. The SMILES string of the molecule is c1ccc(-n2c3ccccc3c3cc(-c4ccc5c6ccc7ccccc7c6n(-c6ccc(-c7cccc(-c8ccc9c%10c(cccc8%10)-c8ccccc8-9)c7)cc6)c5c4)ccc32)cc1. The van der Waals surface area contributed by atoms with Gasteiger partial charge in [-0.1, -0.05) is 176 Å². The second-order valence-corrected chi connectivity index (χ2v) is 17.2. The maximum atomic E-state index is 2.49. The molecule has 1 aliphatic carbocycles. The van der Waals surface area contributed by atoms with E-state index in [1.807, 2.05) is 0 Å². The minimum absolute atomic E-state index is 1.14. The van der Waals surface area contributed by atoms with Gasteiger partial charge in [-0.05, 0) is 126 Å². The summed E-state index contributed by atoms with van der Waals surface area (Å²) in [4.78, 5) is 0. The van der Waals surface area contributed by atoms with E-state index in [4.69, 9.17) is 0 Å². The summed E-state index contributed by atoms with van der Waals surface area (Å²) in [7, 11) is 0. The summed E-state index contributed by atoms with van der Waals surface area (Å²) < 4.78 is 4.87. The summed E-state index contributed by atoms with van der Waals surface area (Å²) in [5.74, 6) is 0. The first-order valence-corrected chi connectivity index (χ1v) is 22.2. The van der Waals surface area contributed by atoms with Gasteiger partial charge in [0.25, 0.3) is 0 Å². The Bertz CT molecular complexity index is 4020. The highest BCUT2D eigenvalue weighted by molar-refractivity contribution is 6.20. The summed E-state index contributed by atoms with van der Waals surface area (Å²) in [5, 5.41) is 10.2. The first kappa shape index (κ1) is 35.2. The number of nitrogens with zero attached hydrogens (tertiary/aromatic N) is 2. The predicted octanol–water partition coefficient (Wildman–Crippen LogP) is 16.8. The van der Waals surface area contributed by atoms with Crippen molar-refractivity contribution in [2.45, 2.75) is 0 Å². The zero-order chi connectivity index (χ0) is 41.9. The van der Waals surface area contributed by atoms with Crippen molar-refractivity contribution < 1.29 is 0 Å². The Hall–Kier alpha value is -8.46. The number of aromatic nitrogens is 2. The molecule has 0 N–H and O–H groups in total. The van der Waals surface area contributed by atoms with Crippen LogP contribution in [0.1, 0.15) is 0 Å². The Balaban J connectivity index is 0.900. The van der Waals surface area contributed by atoms with Crippen LogP contribution in [0.25, 0.3) is 132 Å². The molecule has 0 spiro atoms. The molecule has 0 radical (unpaired) electrons. The fourth-order valence-electron chi connectivity index (χ4n) is 11.0. The topological polar surface area (TPSA) is 9.86 Å². The summed E-state index contributed by atoms with van der Waals surface area (Å²) >= 11 is 0. The van der Waals surface area contributed by atoms with Crippen LogP contribution >= 0.6 is 0 Å². The van der Waals surface area contributed by atoms with Crippen LogP contribution in [0.3, 0.4) is 0 Å². The second-order valence-electron chi connectivity index (χ2n) is 17.2. The molecule has 2 nitrogen and oxygen atoms in total. The van der Waals surface area contributed by atoms with Gasteiger partial charge in [-0.2, -0.15) is 0 Å². The van der Waals surface area contributed by atoms with Crippen LogP contribution in [0.4, 0.5) is 0 Å². The number of rotatable bonds is 5. The highest BCUT2D eigenvalue weighted by Gasteiger charge is 2.23. The average Bonchev–Trinajstić information content (AvgIpc) is 4.00. The Morgan fingerprint density at radius 1 is 0.234 bits per heavy atom. The van der Waals surface area contributed by atoms with Crippen molar-refractivity contribution in [2.75, 3.05) is 0 Å². The molecular formula is C62H38N2. The quantitative estimate of drug-likeness (QED) is 0.164. The minimum Gasteiger partial charge on any atom is -0.309 e. The maximum Gasteiger partial charge on any atom is 0.0619 e. The van der Waals surface area contributed by atoms with E-state index in [2.05, 4.69) is 240 Å². The molecule has 0 fully saturated rings. The molecule has 13 aromatic rings. The van der Waals surface area contributed by atoms with Gasteiger partial charge in [-0.15, -0.1) is 0 Å². The summed E-state index contributed by atoms with van der Waals surface area (Å²) in [6.45, 7) is 0. The minimum atomic E-state index is 1.14. The second kappa shape index (κ2) is 13.5. The van der Waals surface area contributed by atoms with Crippen LogP contribution in [0.2, 0.25) is 0 Å². The number of para-hydroxylation sites is 2. The molecule has 14 rings (SSSR count). The average molecular weight is 811 g/mol. The highest BCUT2D eigenvalue weighted by Crippen LogP contribution is 2.49. The van der Waals surface area contributed by atoms with Gasteiger partial charge in [0, 0.05) is 38.3 Å². The number of hydrogen-bond acceptors (Lipinski definition) is 0. The molecule has 0 unspecified atom stereocenters. The van der Waals surface area contributed by atoms with Crippen molar-refractivity contribution in [3.63, 3.8) is 0 Å². The van der Waals surface area contributed by atoms with Crippen LogP contribution in [-0.4, -0.2) is 9.13 Å². The maximum absolute atomic E-state index is 2.49. The van der Waals surface area contributed by atoms with Gasteiger partial charge in [0.1, 0.15) is 0 Å². The first-order chi connectivity index (χ1) is 31.7. The molecule has 296 valence electrons. The van der Waals surface area contributed by atoms with Gasteiger partial charge in [-0.3, -0.25) is 0 Å². The van der Waals surface area contributed by atoms with Crippen LogP contribution < -0.4 is 0 Å². The van der Waals surface area contributed by atoms with Gasteiger partial charge < -0.3 is 9.13 Å². The first-order valence-electron chi connectivity index (χ1n) is 22.2. The van der Waals surface area contributed by atoms with Crippen LogP contribution in [-0.2, 0) is 0 Å². The van der Waals surface area contributed by atoms with Gasteiger partial charge in [0.15, 0.2) is 0 Å². The van der Waals surface area contributed by atoms with Crippen molar-refractivity contribution in [3.05, 3.63) is 231 Å². The van der Waals surface area contributed by atoms with Crippen molar-refractivity contribution >= 4 is 65.2 Å². The molecule has 2 heteroatoms. The lowest BCUT2D eigenvalue weighted by molar-refractivity contribution is 1.18. The normalized spacial score (nSPS) is 12.1. The van der Waals surface area contributed by atoms with Gasteiger partial charge in [0.05, 0.1) is 22.1 Å². The lowest BCUT2D eigenvalue weighted by atomic mass is 9.92. The summed E-state index contributed by atoms with van der Waals surface area (Å²) in [6.07, 6.45) is 0. The van der Waals surface area contributed by atoms with Crippen molar-refractivity contribution in [1.29, 1.82) is 0 Å². The van der Waals surface area contributed by atoms with Crippen LogP contribution in [0.5, 0.6) is 0 Å². The van der Waals surface area contributed by atoms with E-state index in [-0.39, 0.29) is 0 Å². The number of fused-ring (bicyclic) bond motifs is 11. The van der Waals surface area contributed by atoms with E-state index in [1.54, 1.807) is 0 Å².